The summed E-state index contributed by atoms with van der Waals surface area (Å²) in [4.78, 5) is 14.9. The molecule has 40 heavy (non-hydrogen) atoms. The van der Waals surface area contributed by atoms with E-state index in [1.165, 1.54) is 5.57 Å². The fourth-order valence-corrected chi connectivity index (χ4v) is 6.02. The van der Waals surface area contributed by atoms with Gasteiger partial charge in [-0.3, -0.25) is 4.90 Å². The summed E-state index contributed by atoms with van der Waals surface area (Å²) in [6, 6.07) is 13.2. The predicted molar refractivity (Wildman–Crippen MR) is 151 cm³/mol. The van der Waals surface area contributed by atoms with Crippen LogP contribution in [-0.4, -0.2) is 72.9 Å². The van der Waals surface area contributed by atoms with Gasteiger partial charge < -0.3 is 24.3 Å². The molecule has 1 unspecified atom stereocenters. The topological polar surface area (TPSA) is 87.1 Å². The van der Waals surface area contributed by atoms with Gasteiger partial charge in [0.1, 0.15) is 18.1 Å². The molecular weight excluding hydrogens is 508 g/mol. The lowest BCUT2D eigenvalue weighted by molar-refractivity contribution is -0.0612. The molecule has 1 atom stereocenters. The van der Waals surface area contributed by atoms with Crippen molar-refractivity contribution in [3.63, 3.8) is 0 Å². The van der Waals surface area contributed by atoms with Crippen LogP contribution in [0.2, 0.25) is 0 Å². The van der Waals surface area contributed by atoms with Crippen molar-refractivity contribution in [1.82, 2.24) is 20.0 Å². The van der Waals surface area contributed by atoms with E-state index in [0.29, 0.717) is 25.6 Å². The van der Waals surface area contributed by atoms with Gasteiger partial charge in [0.2, 0.25) is 0 Å². The van der Waals surface area contributed by atoms with Gasteiger partial charge in [-0.15, -0.1) is 0 Å². The molecule has 5 heterocycles. The lowest BCUT2D eigenvalue weighted by Gasteiger charge is -2.38. The van der Waals surface area contributed by atoms with Gasteiger partial charge >= 0.3 is 6.09 Å². The van der Waals surface area contributed by atoms with Crippen LogP contribution in [0.4, 0.5) is 4.79 Å². The molecule has 4 aliphatic heterocycles. The average molecular weight is 545 g/mol. The fourth-order valence-electron chi connectivity index (χ4n) is 6.02. The van der Waals surface area contributed by atoms with Crippen LogP contribution in [0.1, 0.15) is 49.5 Å². The predicted octanol–water partition coefficient (Wildman–Crippen LogP) is 4.90. The SMILES string of the molecule is O=C1NCCCOc2ccc3c(c2)c(nn3C2CCCCO2)-c2cc(cc(C3=CCN(C4COC4)CC3)c2)CO1. The zero-order valence-corrected chi connectivity index (χ0v) is 22.8. The summed E-state index contributed by atoms with van der Waals surface area (Å²) in [6.45, 7) is 5.51. The number of nitrogens with one attached hydrogen (secondary N) is 1. The molecular formula is C31H36N4O5. The summed E-state index contributed by atoms with van der Waals surface area (Å²) in [6.07, 6.45) is 6.63. The zero-order valence-electron chi connectivity index (χ0n) is 22.8. The van der Waals surface area contributed by atoms with Gasteiger partial charge in [-0.2, -0.15) is 5.10 Å². The minimum Gasteiger partial charge on any atom is -0.494 e. The van der Waals surface area contributed by atoms with Crippen LogP contribution in [0.5, 0.6) is 5.75 Å². The molecule has 9 heteroatoms. The minimum absolute atomic E-state index is 0.0837. The third-order valence-electron chi connectivity index (χ3n) is 8.35. The van der Waals surface area contributed by atoms with E-state index in [9.17, 15) is 4.79 Å². The van der Waals surface area contributed by atoms with E-state index in [1.807, 2.05) is 10.7 Å². The first-order valence-electron chi connectivity index (χ1n) is 14.5. The lowest BCUT2D eigenvalue weighted by Crippen LogP contribution is -2.50. The first kappa shape index (κ1) is 25.6. The maximum atomic E-state index is 12.4. The largest absolute Gasteiger partial charge is 0.494 e. The highest BCUT2D eigenvalue weighted by atomic mass is 16.5. The first-order valence-corrected chi connectivity index (χ1v) is 14.5. The minimum atomic E-state index is -0.418. The monoisotopic (exact) mass is 544 g/mol. The van der Waals surface area contributed by atoms with Gasteiger partial charge in [0, 0.05) is 37.2 Å². The van der Waals surface area contributed by atoms with Crippen molar-refractivity contribution in [2.45, 2.75) is 51.0 Å². The number of rotatable bonds is 3. The number of aromatic nitrogens is 2. The number of carbonyl (C=O) groups is 1. The van der Waals surface area contributed by atoms with E-state index in [4.69, 9.17) is 24.0 Å². The number of benzene rings is 2. The third kappa shape index (κ3) is 5.21. The van der Waals surface area contributed by atoms with E-state index in [1.54, 1.807) is 0 Å². The summed E-state index contributed by atoms with van der Waals surface area (Å²) in [5.74, 6) is 0.793. The number of amides is 1. The van der Waals surface area contributed by atoms with Crippen molar-refractivity contribution in [2.75, 3.05) is 46.1 Å². The van der Waals surface area contributed by atoms with Gasteiger partial charge in [0.25, 0.3) is 0 Å². The summed E-state index contributed by atoms with van der Waals surface area (Å²) >= 11 is 0. The van der Waals surface area contributed by atoms with E-state index >= 15 is 0 Å². The van der Waals surface area contributed by atoms with E-state index in [2.05, 4.69) is 46.6 Å². The van der Waals surface area contributed by atoms with Gasteiger partial charge in [-0.1, -0.05) is 6.08 Å². The van der Waals surface area contributed by atoms with Crippen molar-refractivity contribution in [1.29, 1.82) is 0 Å². The molecule has 3 aromatic rings. The number of alkyl carbamates (subject to hydrolysis) is 1. The summed E-state index contributed by atoms with van der Waals surface area (Å²) in [7, 11) is 0. The molecule has 1 aromatic heterocycles. The number of hydrogen-bond donors (Lipinski definition) is 1. The number of cyclic esters (lactones) is 1. The lowest BCUT2D eigenvalue weighted by atomic mass is 9.93. The van der Waals surface area contributed by atoms with Crippen molar-refractivity contribution in [3.05, 3.63) is 53.6 Å². The Labute approximate surface area is 234 Å². The molecule has 9 nitrogen and oxygen atoms in total. The Kier molecular flexibility index (Phi) is 7.18. The highest BCUT2D eigenvalue weighted by Gasteiger charge is 2.28. The molecule has 2 saturated heterocycles. The molecule has 210 valence electrons. The number of carbonyl (C=O) groups excluding carboxylic acids is 1. The van der Waals surface area contributed by atoms with E-state index in [-0.39, 0.29) is 12.8 Å². The number of fused-ring (bicyclic) bond motifs is 4. The van der Waals surface area contributed by atoms with Crippen LogP contribution >= 0.6 is 0 Å². The van der Waals surface area contributed by atoms with Gasteiger partial charge in [-0.25, -0.2) is 9.48 Å². The van der Waals surface area contributed by atoms with Gasteiger partial charge in [-0.05, 0) is 85.2 Å². The van der Waals surface area contributed by atoms with Crippen LogP contribution < -0.4 is 10.1 Å². The summed E-state index contributed by atoms with van der Waals surface area (Å²) < 4.78 is 25.3. The molecule has 2 aromatic carbocycles. The van der Waals surface area contributed by atoms with Crippen LogP contribution in [0.15, 0.2) is 42.5 Å². The first-order chi connectivity index (χ1) is 19.7. The molecule has 0 aliphatic carbocycles. The number of hydrogen-bond acceptors (Lipinski definition) is 7. The highest BCUT2D eigenvalue weighted by molar-refractivity contribution is 5.95. The third-order valence-corrected chi connectivity index (χ3v) is 8.35. The zero-order chi connectivity index (χ0) is 26.9. The second kappa shape index (κ2) is 11.2. The second-order valence-corrected chi connectivity index (χ2v) is 11.1. The molecule has 1 N–H and O–H groups in total. The molecule has 1 amide bonds. The Hall–Kier alpha value is -3.40. The molecule has 4 bridgehead atoms. The van der Waals surface area contributed by atoms with Gasteiger partial charge in [0.05, 0.1) is 31.4 Å². The van der Waals surface area contributed by atoms with Crippen molar-refractivity contribution < 1.29 is 23.7 Å². The number of nitrogens with zero attached hydrogens (tertiary/aromatic N) is 3. The van der Waals surface area contributed by atoms with Crippen LogP contribution in [0.3, 0.4) is 0 Å². The van der Waals surface area contributed by atoms with Crippen LogP contribution in [0, 0.1) is 0 Å². The van der Waals surface area contributed by atoms with Crippen molar-refractivity contribution in [2.24, 2.45) is 0 Å². The molecule has 0 saturated carbocycles. The van der Waals surface area contributed by atoms with E-state index < -0.39 is 6.09 Å². The molecule has 2 fully saturated rings. The standard InChI is InChI=1S/C31H36N4O5/c36-31-32-9-3-13-38-26-5-6-28-27(17-26)30(33-35(28)29-4-1-2-12-39-29)24-15-21(18-40-31)14-23(16-24)22-7-10-34(11-8-22)25-19-37-20-25/h5-7,14-17,25,29H,1-4,8-13,18-20H2,(H,32,36). The molecule has 0 radical (unpaired) electrons. The maximum absolute atomic E-state index is 12.4. The second-order valence-electron chi connectivity index (χ2n) is 11.1. The highest BCUT2D eigenvalue weighted by Crippen LogP contribution is 2.37. The van der Waals surface area contributed by atoms with Crippen molar-refractivity contribution >= 4 is 22.6 Å². The number of ether oxygens (including phenoxy) is 4. The molecule has 0 spiro atoms. The van der Waals surface area contributed by atoms with Crippen LogP contribution in [-0.2, 0) is 20.8 Å². The van der Waals surface area contributed by atoms with E-state index in [0.717, 1.165) is 97.6 Å². The quantitative estimate of drug-likeness (QED) is 0.502. The van der Waals surface area contributed by atoms with Gasteiger partial charge in [0.15, 0.2) is 6.23 Å². The molecule has 7 rings (SSSR count). The van der Waals surface area contributed by atoms with Crippen LogP contribution in [0.25, 0.3) is 27.7 Å². The smallest absolute Gasteiger partial charge is 0.407 e. The fraction of sp³-hybridized carbons (Fsp3) is 0.484. The Balaban J connectivity index is 1.32. The Morgan fingerprint density at radius 2 is 1.90 bits per heavy atom. The maximum Gasteiger partial charge on any atom is 0.407 e. The van der Waals surface area contributed by atoms with Crippen molar-refractivity contribution in [3.8, 4) is 17.0 Å². The molecule has 4 aliphatic rings. The average Bonchev–Trinajstić information content (AvgIpc) is 3.34. The Bertz CT molecular complexity index is 1420. The normalized spacial score (nSPS) is 22.9. The summed E-state index contributed by atoms with van der Waals surface area (Å²) in [5.41, 5.74) is 6.33. The summed E-state index contributed by atoms with van der Waals surface area (Å²) in [5, 5.41) is 9.03. The Morgan fingerprint density at radius 3 is 2.70 bits per heavy atom. The Morgan fingerprint density at radius 1 is 0.975 bits per heavy atom.